The Kier molecular flexibility index (Phi) is 6.00. The minimum Gasteiger partial charge on any atom is -0.396 e. The highest BCUT2D eigenvalue weighted by atomic mass is 16.2. The molecule has 0 spiro atoms. The van der Waals surface area contributed by atoms with E-state index >= 15 is 0 Å². The highest BCUT2D eigenvalue weighted by molar-refractivity contribution is 4.83. The normalized spacial score (nSPS) is 14.2. The van der Waals surface area contributed by atoms with Crippen molar-refractivity contribution in [2.24, 2.45) is 5.41 Å². The van der Waals surface area contributed by atoms with Gasteiger partial charge in [-0.15, -0.1) is 6.58 Å². The summed E-state index contributed by atoms with van der Waals surface area (Å²) < 4.78 is 0. The van der Waals surface area contributed by atoms with E-state index in [2.05, 4.69) is 32.7 Å². The Bertz CT molecular complexity index is 143. The van der Waals surface area contributed by atoms with Crippen molar-refractivity contribution in [3.05, 3.63) is 12.7 Å². The third-order valence-electron chi connectivity index (χ3n) is 2.27. The molecule has 0 radical (unpaired) electrons. The fraction of sp³-hybridized carbons (Fsp3) is 0.818. The summed E-state index contributed by atoms with van der Waals surface area (Å²) in [6.07, 6.45) is 3.85. The third-order valence-corrected chi connectivity index (χ3v) is 2.27. The number of aliphatic hydroxyl groups is 1. The molecule has 0 saturated carbocycles. The highest BCUT2D eigenvalue weighted by Gasteiger charge is 2.16. The van der Waals surface area contributed by atoms with Gasteiger partial charge in [-0.1, -0.05) is 19.9 Å². The van der Waals surface area contributed by atoms with Crippen LogP contribution in [0.3, 0.4) is 0 Å². The van der Waals surface area contributed by atoms with Crippen molar-refractivity contribution >= 4 is 0 Å². The average molecular weight is 185 g/mol. The maximum Gasteiger partial charge on any atom is 0.0431 e. The van der Waals surface area contributed by atoms with Crippen molar-refractivity contribution in [1.29, 1.82) is 0 Å². The first-order valence-electron chi connectivity index (χ1n) is 4.98. The molecule has 0 bridgehead atoms. The van der Waals surface area contributed by atoms with Crippen molar-refractivity contribution in [1.82, 2.24) is 5.32 Å². The summed E-state index contributed by atoms with van der Waals surface area (Å²) in [4.78, 5) is 0. The van der Waals surface area contributed by atoms with E-state index in [0.717, 1.165) is 19.4 Å². The standard InChI is InChI=1S/C11H23NO/c1-5-10(2)12-9-11(3,4)7-6-8-13/h5,10,12-13H,1,6-9H2,2-4H3. The molecule has 2 nitrogen and oxygen atoms in total. The van der Waals surface area contributed by atoms with E-state index in [1.807, 2.05) is 6.08 Å². The second kappa shape index (κ2) is 6.17. The number of nitrogens with one attached hydrogen (secondary N) is 1. The van der Waals surface area contributed by atoms with Crippen LogP contribution in [0, 0.1) is 5.41 Å². The molecule has 0 heterocycles. The van der Waals surface area contributed by atoms with Gasteiger partial charge in [0.2, 0.25) is 0 Å². The first-order chi connectivity index (χ1) is 6.02. The van der Waals surface area contributed by atoms with E-state index in [1.165, 1.54) is 0 Å². The first kappa shape index (κ1) is 12.7. The van der Waals surface area contributed by atoms with Crippen molar-refractivity contribution in [2.75, 3.05) is 13.2 Å². The highest BCUT2D eigenvalue weighted by Crippen LogP contribution is 2.20. The van der Waals surface area contributed by atoms with Gasteiger partial charge in [-0.3, -0.25) is 0 Å². The second-order valence-corrected chi connectivity index (χ2v) is 4.40. The van der Waals surface area contributed by atoms with Crippen LogP contribution in [0.25, 0.3) is 0 Å². The Hall–Kier alpha value is -0.340. The smallest absolute Gasteiger partial charge is 0.0431 e. The molecule has 0 saturated heterocycles. The monoisotopic (exact) mass is 185 g/mol. The number of rotatable bonds is 7. The summed E-state index contributed by atoms with van der Waals surface area (Å²) in [5.41, 5.74) is 0.264. The molecule has 0 aromatic heterocycles. The van der Waals surface area contributed by atoms with Gasteiger partial charge in [0.15, 0.2) is 0 Å². The second-order valence-electron chi connectivity index (χ2n) is 4.40. The van der Waals surface area contributed by atoms with E-state index in [1.54, 1.807) is 0 Å². The molecule has 1 unspecified atom stereocenters. The maximum absolute atomic E-state index is 8.72. The quantitative estimate of drug-likeness (QED) is 0.594. The van der Waals surface area contributed by atoms with Gasteiger partial charge < -0.3 is 10.4 Å². The molecule has 2 N–H and O–H groups in total. The Balaban J connectivity index is 3.67. The van der Waals surface area contributed by atoms with E-state index in [-0.39, 0.29) is 5.41 Å². The van der Waals surface area contributed by atoms with E-state index in [0.29, 0.717) is 12.6 Å². The molecule has 0 aliphatic heterocycles. The molecule has 13 heavy (non-hydrogen) atoms. The van der Waals surface area contributed by atoms with Crippen molar-refractivity contribution < 1.29 is 5.11 Å². The number of aliphatic hydroxyl groups excluding tert-OH is 1. The van der Waals surface area contributed by atoms with Gasteiger partial charge in [0.1, 0.15) is 0 Å². The molecule has 78 valence electrons. The van der Waals surface area contributed by atoms with Crippen LogP contribution in [-0.4, -0.2) is 24.3 Å². The van der Waals surface area contributed by atoms with Crippen LogP contribution in [-0.2, 0) is 0 Å². The molecule has 0 amide bonds. The molecular weight excluding hydrogens is 162 g/mol. The third kappa shape index (κ3) is 6.79. The van der Waals surface area contributed by atoms with Crippen LogP contribution in [0.15, 0.2) is 12.7 Å². The molecule has 0 aliphatic carbocycles. The lowest BCUT2D eigenvalue weighted by Crippen LogP contribution is -2.34. The molecule has 1 atom stereocenters. The largest absolute Gasteiger partial charge is 0.396 e. The molecule has 0 fully saturated rings. The van der Waals surface area contributed by atoms with Gasteiger partial charge in [-0.2, -0.15) is 0 Å². The Morgan fingerprint density at radius 3 is 2.62 bits per heavy atom. The van der Waals surface area contributed by atoms with Crippen LogP contribution in [0.4, 0.5) is 0 Å². The van der Waals surface area contributed by atoms with Crippen molar-refractivity contribution in [3.8, 4) is 0 Å². The molecule has 0 aliphatic rings. The number of hydrogen-bond acceptors (Lipinski definition) is 2. The lowest BCUT2D eigenvalue weighted by Gasteiger charge is -2.26. The summed E-state index contributed by atoms with van der Waals surface area (Å²) in [6, 6.07) is 0.369. The van der Waals surface area contributed by atoms with Gasteiger partial charge in [-0.05, 0) is 25.2 Å². The van der Waals surface area contributed by atoms with Gasteiger partial charge >= 0.3 is 0 Å². The van der Waals surface area contributed by atoms with E-state index in [9.17, 15) is 0 Å². The van der Waals surface area contributed by atoms with Crippen LogP contribution >= 0.6 is 0 Å². The topological polar surface area (TPSA) is 32.3 Å². The van der Waals surface area contributed by atoms with Gasteiger partial charge in [0.25, 0.3) is 0 Å². The van der Waals surface area contributed by atoms with Crippen LogP contribution < -0.4 is 5.32 Å². The zero-order chi connectivity index (χ0) is 10.3. The lowest BCUT2D eigenvalue weighted by molar-refractivity contribution is 0.235. The zero-order valence-electron chi connectivity index (χ0n) is 9.14. The van der Waals surface area contributed by atoms with Crippen LogP contribution in [0.1, 0.15) is 33.6 Å². The predicted octanol–water partition coefficient (Wildman–Crippen LogP) is 1.95. The fourth-order valence-electron chi connectivity index (χ4n) is 1.17. The van der Waals surface area contributed by atoms with E-state index in [4.69, 9.17) is 5.11 Å². The van der Waals surface area contributed by atoms with Gasteiger partial charge in [0, 0.05) is 19.2 Å². The molecule has 2 heteroatoms. The maximum atomic E-state index is 8.72. The lowest BCUT2D eigenvalue weighted by atomic mass is 9.87. The van der Waals surface area contributed by atoms with Crippen LogP contribution in [0.5, 0.6) is 0 Å². The predicted molar refractivity (Wildman–Crippen MR) is 57.8 cm³/mol. The summed E-state index contributed by atoms with van der Waals surface area (Å²) in [5.74, 6) is 0. The summed E-state index contributed by atoms with van der Waals surface area (Å²) in [7, 11) is 0. The summed E-state index contributed by atoms with van der Waals surface area (Å²) >= 11 is 0. The Morgan fingerprint density at radius 1 is 1.54 bits per heavy atom. The minimum absolute atomic E-state index is 0.264. The van der Waals surface area contributed by atoms with Crippen molar-refractivity contribution in [3.63, 3.8) is 0 Å². The SMILES string of the molecule is C=CC(C)NCC(C)(C)CCCO. The molecule has 0 rings (SSSR count). The molecular formula is C11H23NO. The van der Waals surface area contributed by atoms with Gasteiger partial charge in [0.05, 0.1) is 0 Å². The molecule has 0 aromatic carbocycles. The minimum atomic E-state index is 0.264. The van der Waals surface area contributed by atoms with E-state index < -0.39 is 0 Å². The average Bonchev–Trinajstić information content (AvgIpc) is 2.11. The fourth-order valence-corrected chi connectivity index (χ4v) is 1.17. The van der Waals surface area contributed by atoms with Crippen molar-refractivity contribution in [2.45, 2.75) is 39.7 Å². The Morgan fingerprint density at radius 2 is 2.15 bits per heavy atom. The number of hydrogen-bond donors (Lipinski definition) is 2. The molecule has 0 aromatic rings. The Labute approximate surface area is 82.0 Å². The van der Waals surface area contributed by atoms with Gasteiger partial charge in [-0.25, -0.2) is 0 Å². The zero-order valence-corrected chi connectivity index (χ0v) is 9.14. The van der Waals surface area contributed by atoms with Crippen LogP contribution in [0.2, 0.25) is 0 Å². The first-order valence-corrected chi connectivity index (χ1v) is 4.98. The summed E-state index contributed by atoms with van der Waals surface area (Å²) in [6.45, 7) is 11.5. The summed E-state index contributed by atoms with van der Waals surface area (Å²) in [5, 5.41) is 12.1.